The average molecular weight is 236 g/mol. The van der Waals surface area contributed by atoms with E-state index in [2.05, 4.69) is 9.97 Å². The van der Waals surface area contributed by atoms with Crippen LogP contribution in [0.25, 0.3) is 0 Å². The molecule has 0 aliphatic heterocycles. The molecule has 0 spiro atoms. The van der Waals surface area contributed by atoms with E-state index in [0.29, 0.717) is 18.3 Å². The first-order valence-corrected chi connectivity index (χ1v) is 5.81. The van der Waals surface area contributed by atoms with Gasteiger partial charge in [-0.15, -0.1) is 0 Å². The van der Waals surface area contributed by atoms with Crippen LogP contribution in [0.4, 0.5) is 0 Å². The minimum Gasteiger partial charge on any atom is -0.489 e. The highest BCUT2D eigenvalue weighted by atomic mass is 16.5. The van der Waals surface area contributed by atoms with Gasteiger partial charge in [0.25, 0.3) is 0 Å². The van der Waals surface area contributed by atoms with Crippen LogP contribution in [0.5, 0.6) is 5.75 Å². The predicted molar refractivity (Wildman–Crippen MR) is 61.3 cm³/mol. The largest absolute Gasteiger partial charge is 0.489 e. The fraction of sp³-hybridized carbons (Fsp3) is 0.583. The molecule has 1 saturated carbocycles. The Morgan fingerprint density at radius 1 is 1.59 bits per heavy atom. The number of nitrogens with zero attached hydrogens (tertiary/aromatic N) is 2. The summed E-state index contributed by atoms with van der Waals surface area (Å²) in [6, 6.07) is 0. The fourth-order valence-corrected chi connectivity index (χ4v) is 1.41. The van der Waals surface area contributed by atoms with E-state index >= 15 is 0 Å². The van der Waals surface area contributed by atoms with Crippen LogP contribution in [0.2, 0.25) is 0 Å². The van der Waals surface area contributed by atoms with Crippen LogP contribution in [0.3, 0.4) is 0 Å². The molecular weight excluding hydrogens is 220 g/mol. The van der Waals surface area contributed by atoms with Crippen LogP contribution in [0.1, 0.15) is 48.9 Å². The summed E-state index contributed by atoms with van der Waals surface area (Å²) in [6.45, 7) is 4.40. The van der Waals surface area contributed by atoms with Gasteiger partial charge in [-0.2, -0.15) is 0 Å². The van der Waals surface area contributed by atoms with Gasteiger partial charge in [0.05, 0.1) is 12.8 Å². The average Bonchev–Trinajstić information content (AvgIpc) is 3.09. The van der Waals surface area contributed by atoms with Crippen molar-refractivity contribution in [2.75, 3.05) is 6.61 Å². The van der Waals surface area contributed by atoms with E-state index in [4.69, 9.17) is 9.84 Å². The predicted octanol–water partition coefficient (Wildman–Crippen LogP) is 2.09. The molecule has 0 unspecified atom stereocenters. The van der Waals surface area contributed by atoms with Crippen molar-refractivity contribution in [3.63, 3.8) is 0 Å². The van der Waals surface area contributed by atoms with Crippen molar-refractivity contribution >= 4 is 5.97 Å². The van der Waals surface area contributed by atoms with E-state index in [-0.39, 0.29) is 17.4 Å². The summed E-state index contributed by atoms with van der Waals surface area (Å²) < 4.78 is 5.45. The second-order valence-electron chi connectivity index (χ2n) is 4.66. The fourth-order valence-electron chi connectivity index (χ4n) is 1.41. The summed E-state index contributed by atoms with van der Waals surface area (Å²) in [5, 5.41) is 9.08. The number of hydrogen-bond acceptors (Lipinski definition) is 4. The van der Waals surface area contributed by atoms with Crippen molar-refractivity contribution < 1.29 is 14.6 Å². The molecule has 0 atom stereocenters. The van der Waals surface area contributed by atoms with Crippen molar-refractivity contribution in [2.45, 2.75) is 32.6 Å². The Morgan fingerprint density at radius 3 is 2.82 bits per heavy atom. The third kappa shape index (κ3) is 2.93. The summed E-state index contributed by atoms with van der Waals surface area (Å²) >= 11 is 0. The van der Waals surface area contributed by atoms with Gasteiger partial charge in [0.1, 0.15) is 5.82 Å². The molecule has 1 aliphatic carbocycles. The number of rotatable bonds is 5. The summed E-state index contributed by atoms with van der Waals surface area (Å²) in [5.41, 5.74) is -0.0376. The van der Waals surface area contributed by atoms with Crippen molar-refractivity contribution in [3.05, 3.63) is 17.7 Å². The van der Waals surface area contributed by atoms with Gasteiger partial charge in [-0.1, -0.05) is 13.8 Å². The normalized spacial score (nSPS) is 15.0. The van der Waals surface area contributed by atoms with Gasteiger partial charge in [0.15, 0.2) is 11.4 Å². The van der Waals surface area contributed by atoms with Crippen molar-refractivity contribution in [3.8, 4) is 5.75 Å². The molecule has 5 heteroatoms. The van der Waals surface area contributed by atoms with Crippen molar-refractivity contribution in [1.29, 1.82) is 0 Å². The molecule has 1 aliphatic rings. The highest BCUT2D eigenvalue weighted by molar-refractivity contribution is 5.88. The second kappa shape index (κ2) is 4.69. The molecule has 17 heavy (non-hydrogen) atoms. The molecule has 2 rings (SSSR count). The number of carboxylic acids is 1. The van der Waals surface area contributed by atoms with Gasteiger partial charge in [-0.05, 0) is 18.8 Å². The third-order valence-corrected chi connectivity index (χ3v) is 2.66. The van der Waals surface area contributed by atoms with Gasteiger partial charge in [0.2, 0.25) is 0 Å². The van der Waals surface area contributed by atoms with Crippen LogP contribution < -0.4 is 4.74 Å². The van der Waals surface area contributed by atoms with Crippen molar-refractivity contribution in [1.82, 2.24) is 9.97 Å². The molecule has 1 N–H and O–H groups in total. The van der Waals surface area contributed by atoms with E-state index in [1.807, 2.05) is 13.8 Å². The maximum atomic E-state index is 11.1. The van der Waals surface area contributed by atoms with E-state index < -0.39 is 5.97 Å². The number of aromatic carboxylic acids is 1. The molecular formula is C12H16N2O3. The summed E-state index contributed by atoms with van der Waals surface area (Å²) in [5.74, 6) is 0.405. The van der Waals surface area contributed by atoms with E-state index in [0.717, 1.165) is 12.8 Å². The molecule has 1 heterocycles. The first-order chi connectivity index (χ1) is 8.08. The molecule has 0 saturated heterocycles. The maximum Gasteiger partial charge on any atom is 0.358 e. The SMILES string of the molecule is CC(C)c1ncc(OCC2CC2)c(C(=O)O)n1. The van der Waals surface area contributed by atoms with Crippen molar-refractivity contribution in [2.24, 2.45) is 5.92 Å². The molecule has 1 aromatic heterocycles. The zero-order chi connectivity index (χ0) is 12.4. The number of hydrogen-bond donors (Lipinski definition) is 1. The topological polar surface area (TPSA) is 72.3 Å². The van der Waals surface area contributed by atoms with Gasteiger partial charge in [-0.3, -0.25) is 0 Å². The summed E-state index contributed by atoms with van der Waals surface area (Å²) in [7, 11) is 0. The van der Waals surface area contributed by atoms with Gasteiger partial charge in [0, 0.05) is 5.92 Å². The lowest BCUT2D eigenvalue weighted by Crippen LogP contribution is -2.11. The monoisotopic (exact) mass is 236 g/mol. The highest BCUT2D eigenvalue weighted by Gasteiger charge is 2.24. The molecule has 0 amide bonds. The molecule has 92 valence electrons. The van der Waals surface area contributed by atoms with E-state index in [9.17, 15) is 4.79 Å². The molecule has 5 nitrogen and oxygen atoms in total. The Morgan fingerprint density at radius 2 is 2.29 bits per heavy atom. The summed E-state index contributed by atoms with van der Waals surface area (Å²) in [4.78, 5) is 19.2. The first-order valence-electron chi connectivity index (χ1n) is 5.81. The smallest absolute Gasteiger partial charge is 0.358 e. The van der Waals surface area contributed by atoms with Crippen LogP contribution in [-0.2, 0) is 0 Å². The van der Waals surface area contributed by atoms with Crippen LogP contribution >= 0.6 is 0 Å². The van der Waals surface area contributed by atoms with Crippen LogP contribution in [0, 0.1) is 5.92 Å². The van der Waals surface area contributed by atoms with E-state index in [1.54, 1.807) is 0 Å². The summed E-state index contributed by atoms with van der Waals surface area (Å²) in [6.07, 6.45) is 3.79. The van der Waals surface area contributed by atoms with Gasteiger partial charge in [-0.25, -0.2) is 14.8 Å². The zero-order valence-corrected chi connectivity index (χ0v) is 10.0. The Bertz CT molecular complexity index is 428. The van der Waals surface area contributed by atoms with Gasteiger partial charge >= 0.3 is 5.97 Å². The third-order valence-electron chi connectivity index (χ3n) is 2.66. The molecule has 1 aromatic rings. The van der Waals surface area contributed by atoms with Crippen LogP contribution in [-0.4, -0.2) is 27.7 Å². The minimum atomic E-state index is -1.07. The number of aromatic nitrogens is 2. The molecule has 0 bridgehead atoms. The Balaban J connectivity index is 2.20. The number of carbonyl (C=O) groups is 1. The highest BCUT2D eigenvalue weighted by Crippen LogP contribution is 2.30. The Hall–Kier alpha value is -1.65. The maximum absolute atomic E-state index is 11.1. The number of ether oxygens (including phenoxy) is 1. The quantitative estimate of drug-likeness (QED) is 0.847. The molecule has 0 radical (unpaired) electrons. The van der Waals surface area contributed by atoms with Crippen LogP contribution in [0.15, 0.2) is 6.20 Å². The zero-order valence-electron chi connectivity index (χ0n) is 10.0. The Labute approximate surface area is 99.9 Å². The number of carboxylic acid groups (broad SMARTS) is 1. The standard InChI is InChI=1S/C12H16N2O3/c1-7(2)11-13-5-9(10(14-11)12(15)16)17-6-8-3-4-8/h5,7-8H,3-4,6H2,1-2H3,(H,15,16). The second-order valence-corrected chi connectivity index (χ2v) is 4.66. The Kier molecular flexibility index (Phi) is 3.26. The molecule has 1 fully saturated rings. The minimum absolute atomic E-state index is 0.0376. The lowest BCUT2D eigenvalue weighted by Gasteiger charge is -2.10. The molecule has 0 aromatic carbocycles. The van der Waals surface area contributed by atoms with E-state index in [1.165, 1.54) is 6.20 Å². The van der Waals surface area contributed by atoms with Gasteiger partial charge < -0.3 is 9.84 Å². The first kappa shape index (κ1) is 11.8. The lowest BCUT2D eigenvalue weighted by atomic mass is 10.2. The lowest BCUT2D eigenvalue weighted by molar-refractivity contribution is 0.0684.